The molecule has 0 amide bonds. The van der Waals surface area contributed by atoms with Gasteiger partial charge in [0.15, 0.2) is 11.5 Å². The summed E-state index contributed by atoms with van der Waals surface area (Å²) in [6.45, 7) is 2.09. The molecule has 2 aromatic rings. The van der Waals surface area contributed by atoms with Gasteiger partial charge in [-0.25, -0.2) is 0 Å². The standard InChI is InChI=1S/C15H16Br2O3S/c1-8-10(16)7-12(21-8)13(17)9-5-6-11(18-2)15(20-4)14(9)19-3/h5-7,13H,1-4H3. The molecule has 0 aliphatic heterocycles. The van der Waals surface area contributed by atoms with E-state index in [1.54, 1.807) is 32.7 Å². The fraction of sp³-hybridized carbons (Fsp3) is 0.333. The zero-order chi connectivity index (χ0) is 15.6. The topological polar surface area (TPSA) is 27.7 Å². The van der Waals surface area contributed by atoms with Gasteiger partial charge in [0.05, 0.1) is 26.2 Å². The van der Waals surface area contributed by atoms with E-state index in [0.29, 0.717) is 17.2 Å². The minimum atomic E-state index is 0.0299. The van der Waals surface area contributed by atoms with Crippen LogP contribution in [-0.2, 0) is 0 Å². The number of halogens is 2. The Hall–Kier alpha value is -0.720. The van der Waals surface area contributed by atoms with Crippen LogP contribution in [-0.4, -0.2) is 21.3 Å². The molecule has 2 rings (SSSR count). The average Bonchev–Trinajstić information content (AvgIpc) is 2.84. The molecule has 1 unspecified atom stereocenters. The minimum Gasteiger partial charge on any atom is -0.493 e. The largest absolute Gasteiger partial charge is 0.493 e. The minimum absolute atomic E-state index is 0.0299. The lowest BCUT2D eigenvalue weighted by Gasteiger charge is -2.18. The van der Waals surface area contributed by atoms with Gasteiger partial charge < -0.3 is 14.2 Å². The van der Waals surface area contributed by atoms with Gasteiger partial charge in [0, 0.05) is 19.8 Å². The Morgan fingerprint density at radius 1 is 1.05 bits per heavy atom. The highest BCUT2D eigenvalue weighted by Gasteiger charge is 2.23. The van der Waals surface area contributed by atoms with Crippen molar-refractivity contribution in [3.63, 3.8) is 0 Å². The van der Waals surface area contributed by atoms with Gasteiger partial charge in [-0.3, -0.25) is 0 Å². The molecule has 0 aliphatic rings. The van der Waals surface area contributed by atoms with Crippen LogP contribution in [0.1, 0.15) is 20.1 Å². The maximum absolute atomic E-state index is 5.55. The van der Waals surface area contributed by atoms with Gasteiger partial charge in [-0.15, -0.1) is 11.3 Å². The van der Waals surface area contributed by atoms with E-state index >= 15 is 0 Å². The molecular formula is C15H16Br2O3S. The van der Waals surface area contributed by atoms with Crippen molar-refractivity contribution < 1.29 is 14.2 Å². The van der Waals surface area contributed by atoms with Gasteiger partial charge in [0.25, 0.3) is 0 Å². The van der Waals surface area contributed by atoms with E-state index in [1.165, 1.54) is 9.75 Å². The SMILES string of the molecule is COc1ccc(C(Br)c2cc(Br)c(C)s2)c(OC)c1OC. The van der Waals surface area contributed by atoms with Crippen LogP contribution in [0.25, 0.3) is 0 Å². The zero-order valence-electron chi connectivity index (χ0n) is 12.2. The van der Waals surface area contributed by atoms with Gasteiger partial charge in [-0.05, 0) is 41.1 Å². The first-order valence-corrected chi connectivity index (χ1v) is 8.74. The Morgan fingerprint density at radius 3 is 2.19 bits per heavy atom. The molecule has 0 spiro atoms. The zero-order valence-corrected chi connectivity index (χ0v) is 16.2. The summed E-state index contributed by atoms with van der Waals surface area (Å²) < 4.78 is 17.4. The Labute approximate surface area is 145 Å². The molecule has 0 aliphatic carbocycles. The highest BCUT2D eigenvalue weighted by Crippen LogP contribution is 2.47. The van der Waals surface area contributed by atoms with E-state index < -0.39 is 0 Å². The molecular weight excluding hydrogens is 420 g/mol. The lowest BCUT2D eigenvalue weighted by Crippen LogP contribution is -2.00. The Kier molecular flexibility index (Phi) is 5.57. The first-order valence-electron chi connectivity index (χ1n) is 6.22. The van der Waals surface area contributed by atoms with Gasteiger partial charge in [-0.1, -0.05) is 15.9 Å². The normalized spacial score (nSPS) is 12.1. The number of benzene rings is 1. The van der Waals surface area contributed by atoms with Crippen molar-refractivity contribution in [3.8, 4) is 17.2 Å². The lowest BCUT2D eigenvalue weighted by atomic mass is 10.1. The molecule has 0 saturated heterocycles. The summed E-state index contributed by atoms with van der Waals surface area (Å²) in [5.41, 5.74) is 1.00. The Bertz CT molecular complexity index is 621. The van der Waals surface area contributed by atoms with E-state index in [2.05, 4.69) is 44.8 Å². The summed E-state index contributed by atoms with van der Waals surface area (Å²) in [6, 6.07) is 6.00. The van der Waals surface area contributed by atoms with Crippen LogP contribution in [0.4, 0.5) is 0 Å². The number of methoxy groups -OCH3 is 3. The molecule has 0 saturated carbocycles. The number of hydrogen-bond acceptors (Lipinski definition) is 4. The molecule has 0 bridgehead atoms. The number of aryl methyl sites for hydroxylation is 1. The van der Waals surface area contributed by atoms with Crippen molar-refractivity contribution in [2.24, 2.45) is 0 Å². The molecule has 1 atom stereocenters. The number of alkyl halides is 1. The second-order valence-electron chi connectivity index (χ2n) is 4.34. The summed E-state index contributed by atoms with van der Waals surface area (Å²) in [6.07, 6.45) is 0. The highest BCUT2D eigenvalue weighted by atomic mass is 79.9. The Morgan fingerprint density at radius 2 is 1.71 bits per heavy atom. The molecule has 1 aromatic carbocycles. The summed E-state index contributed by atoms with van der Waals surface area (Å²) >= 11 is 9.05. The summed E-state index contributed by atoms with van der Waals surface area (Å²) in [4.78, 5) is 2.47. The monoisotopic (exact) mass is 434 g/mol. The van der Waals surface area contributed by atoms with Crippen LogP contribution in [0.5, 0.6) is 17.2 Å². The molecule has 1 aromatic heterocycles. The smallest absolute Gasteiger partial charge is 0.203 e. The predicted octanol–water partition coefficient (Wildman–Crippen LogP) is 5.33. The molecule has 0 radical (unpaired) electrons. The number of thiophene rings is 1. The fourth-order valence-electron chi connectivity index (χ4n) is 2.08. The van der Waals surface area contributed by atoms with E-state index in [-0.39, 0.29) is 4.83 Å². The molecule has 6 heteroatoms. The van der Waals surface area contributed by atoms with Gasteiger partial charge >= 0.3 is 0 Å². The average molecular weight is 436 g/mol. The lowest BCUT2D eigenvalue weighted by molar-refractivity contribution is 0.322. The van der Waals surface area contributed by atoms with Crippen LogP contribution in [0.15, 0.2) is 22.7 Å². The van der Waals surface area contributed by atoms with E-state index in [9.17, 15) is 0 Å². The molecule has 0 fully saturated rings. The van der Waals surface area contributed by atoms with Crippen LogP contribution in [0.3, 0.4) is 0 Å². The van der Waals surface area contributed by atoms with Crippen molar-refractivity contribution in [1.82, 2.24) is 0 Å². The van der Waals surface area contributed by atoms with Gasteiger partial charge in [0.1, 0.15) is 0 Å². The fourth-order valence-corrected chi connectivity index (χ4v) is 4.41. The first kappa shape index (κ1) is 16.6. The van der Waals surface area contributed by atoms with Crippen LogP contribution in [0.2, 0.25) is 0 Å². The second-order valence-corrected chi connectivity index (χ2v) is 7.40. The van der Waals surface area contributed by atoms with Crippen LogP contribution in [0, 0.1) is 6.92 Å². The number of rotatable bonds is 5. The highest BCUT2D eigenvalue weighted by molar-refractivity contribution is 9.10. The van der Waals surface area contributed by atoms with Gasteiger partial charge in [0.2, 0.25) is 5.75 Å². The summed E-state index contributed by atoms with van der Waals surface area (Å²) in [7, 11) is 4.86. The maximum Gasteiger partial charge on any atom is 0.203 e. The molecule has 3 nitrogen and oxygen atoms in total. The van der Waals surface area contributed by atoms with Crippen molar-refractivity contribution in [1.29, 1.82) is 0 Å². The van der Waals surface area contributed by atoms with Crippen molar-refractivity contribution >= 4 is 43.2 Å². The molecule has 114 valence electrons. The van der Waals surface area contributed by atoms with Crippen molar-refractivity contribution in [2.45, 2.75) is 11.8 Å². The third kappa shape index (κ3) is 3.22. The first-order chi connectivity index (χ1) is 10.0. The molecule has 0 N–H and O–H groups in total. The number of hydrogen-bond donors (Lipinski definition) is 0. The molecule has 21 heavy (non-hydrogen) atoms. The van der Waals surface area contributed by atoms with E-state index in [4.69, 9.17) is 14.2 Å². The quantitative estimate of drug-likeness (QED) is 0.594. The summed E-state index contributed by atoms with van der Waals surface area (Å²) in [5, 5.41) is 0. The van der Waals surface area contributed by atoms with E-state index in [1.807, 2.05) is 12.1 Å². The van der Waals surface area contributed by atoms with Gasteiger partial charge in [-0.2, -0.15) is 0 Å². The van der Waals surface area contributed by atoms with E-state index in [0.717, 1.165) is 10.0 Å². The number of ether oxygens (including phenoxy) is 3. The molecule has 1 heterocycles. The second kappa shape index (κ2) is 7.03. The maximum atomic E-state index is 5.55. The predicted molar refractivity (Wildman–Crippen MR) is 93.6 cm³/mol. The Balaban J connectivity index is 2.52. The van der Waals surface area contributed by atoms with Crippen LogP contribution < -0.4 is 14.2 Å². The van der Waals surface area contributed by atoms with Crippen molar-refractivity contribution in [3.05, 3.63) is 38.0 Å². The van der Waals surface area contributed by atoms with Crippen LogP contribution >= 0.6 is 43.2 Å². The summed E-state index contributed by atoms with van der Waals surface area (Å²) in [5.74, 6) is 1.94. The third-order valence-electron chi connectivity index (χ3n) is 3.13. The van der Waals surface area contributed by atoms with Crippen molar-refractivity contribution in [2.75, 3.05) is 21.3 Å². The third-order valence-corrected chi connectivity index (χ3v) is 6.62.